The Kier molecular flexibility index (Phi) is 8.12. The molecule has 1 saturated heterocycles. The van der Waals surface area contributed by atoms with E-state index in [-0.39, 0.29) is 5.06 Å². The van der Waals surface area contributed by atoms with E-state index in [0.29, 0.717) is 31.7 Å². The molecule has 1 aliphatic rings. The summed E-state index contributed by atoms with van der Waals surface area (Å²) in [6.45, 7) is 1.63. The van der Waals surface area contributed by atoms with Crippen LogP contribution in [0.2, 0.25) is 0 Å². The van der Waals surface area contributed by atoms with Crippen LogP contribution >= 0.6 is 0 Å². The fourth-order valence-electron chi connectivity index (χ4n) is 3.51. The minimum Gasteiger partial charge on any atom is -0.481 e. The van der Waals surface area contributed by atoms with Crippen molar-refractivity contribution in [3.63, 3.8) is 0 Å². The lowest BCUT2D eigenvalue weighted by Crippen LogP contribution is -2.62. The lowest BCUT2D eigenvalue weighted by atomic mass is 10.0. The zero-order chi connectivity index (χ0) is 24.7. The summed E-state index contributed by atoms with van der Waals surface area (Å²) in [6.07, 6.45) is 2.04. The maximum Gasteiger partial charge on any atom is 0.381 e. The number of aromatic nitrogens is 1. The van der Waals surface area contributed by atoms with E-state index in [4.69, 9.17) is 15.7 Å². The van der Waals surface area contributed by atoms with Crippen LogP contribution in [0.15, 0.2) is 54.9 Å². The molecule has 12 nitrogen and oxygen atoms in total. The molecule has 0 spiro atoms. The lowest BCUT2D eigenvalue weighted by molar-refractivity contribution is -0.274. The van der Waals surface area contributed by atoms with E-state index in [1.807, 2.05) is 12.1 Å². The van der Waals surface area contributed by atoms with Crippen LogP contribution in [0.4, 0.5) is 5.69 Å². The van der Waals surface area contributed by atoms with Gasteiger partial charge in [-0.3, -0.25) is 19.8 Å². The Morgan fingerprint density at radius 2 is 1.71 bits per heavy atom. The van der Waals surface area contributed by atoms with Gasteiger partial charge >= 0.3 is 11.9 Å². The van der Waals surface area contributed by atoms with E-state index in [9.17, 15) is 24.7 Å². The van der Waals surface area contributed by atoms with Gasteiger partial charge in [0.2, 0.25) is 0 Å². The number of nitrogens with zero attached hydrogens (tertiary/aromatic N) is 4. The molecule has 0 aliphatic carbocycles. The zero-order valence-corrected chi connectivity index (χ0v) is 18.4. The number of amides is 1. The standard InChI is InChI=1S/C22H27N5O7/c23-18(14-19(28)29)20(30)27(33)22(32,15-16-4-2-1-3-5-16)21(31)34-26-12-10-25(11-13-26)17-6-8-24-9-7-17/h1-9,18,32-33H,10-15,23H2,(H,28,29)/t18-,22+/m0/s1. The highest BCUT2D eigenvalue weighted by molar-refractivity contribution is 5.90. The van der Waals surface area contributed by atoms with Crippen molar-refractivity contribution < 1.29 is 34.6 Å². The van der Waals surface area contributed by atoms with Gasteiger partial charge in [-0.2, -0.15) is 5.06 Å². The summed E-state index contributed by atoms with van der Waals surface area (Å²) < 4.78 is 0. The normalized spacial score (nSPS) is 16.9. The Bertz CT molecular complexity index is 986. The van der Waals surface area contributed by atoms with Gasteiger partial charge in [-0.05, 0) is 17.7 Å². The minimum atomic E-state index is -2.84. The Morgan fingerprint density at radius 3 is 2.29 bits per heavy atom. The maximum atomic E-state index is 13.0. The molecule has 1 aromatic heterocycles. The molecule has 34 heavy (non-hydrogen) atoms. The summed E-state index contributed by atoms with van der Waals surface area (Å²) >= 11 is 0. The lowest BCUT2D eigenvalue weighted by Gasteiger charge is -2.38. The van der Waals surface area contributed by atoms with E-state index in [1.54, 1.807) is 42.7 Å². The van der Waals surface area contributed by atoms with Gasteiger partial charge in [0.25, 0.3) is 11.6 Å². The molecule has 182 valence electrons. The van der Waals surface area contributed by atoms with Gasteiger partial charge in [0, 0.05) is 37.6 Å². The van der Waals surface area contributed by atoms with Crippen LogP contribution in [-0.4, -0.2) is 86.3 Å². The molecule has 1 aromatic carbocycles. The van der Waals surface area contributed by atoms with E-state index in [0.717, 1.165) is 5.69 Å². The Morgan fingerprint density at radius 1 is 1.09 bits per heavy atom. The van der Waals surface area contributed by atoms with Crippen molar-refractivity contribution in [1.82, 2.24) is 15.1 Å². The molecular weight excluding hydrogens is 446 g/mol. The number of aliphatic carboxylic acids is 1. The first kappa shape index (κ1) is 25.1. The molecular formula is C22H27N5O7. The second-order valence-electron chi connectivity index (χ2n) is 7.83. The van der Waals surface area contributed by atoms with E-state index < -0.39 is 42.5 Å². The number of rotatable bonds is 9. The second kappa shape index (κ2) is 11.0. The highest BCUT2D eigenvalue weighted by Crippen LogP contribution is 2.22. The summed E-state index contributed by atoms with van der Waals surface area (Å²) in [6, 6.07) is 10.2. The molecule has 0 bridgehead atoms. The number of carboxylic acids is 1. The average Bonchev–Trinajstić information content (AvgIpc) is 2.84. The Labute approximate surface area is 195 Å². The van der Waals surface area contributed by atoms with Crippen LogP contribution < -0.4 is 10.6 Å². The molecule has 1 amide bonds. The number of carbonyl (C=O) groups is 3. The maximum absolute atomic E-state index is 13.0. The van der Waals surface area contributed by atoms with Gasteiger partial charge in [-0.25, -0.2) is 4.79 Å². The van der Waals surface area contributed by atoms with Crippen LogP contribution in [0.1, 0.15) is 12.0 Å². The van der Waals surface area contributed by atoms with Gasteiger partial charge < -0.3 is 25.7 Å². The summed E-state index contributed by atoms with van der Waals surface area (Å²) in [5, 5.41) is 31.6. The number of carbonyl (C=O) groups excluding carboxylic acids is 2. The van der Waals surface area contributed by atoms with Gasteiger partial charge in [0.1, 0.15) is 0 Å². The number of hydrogen-bond donors (Lipinski definition) is 4. The predicted molar refractivity (Wildman–Crippen MR) is 118 cm³/mol. The fraction of sp³-hybridized carbons (Fsp3) is 0.364. The molecule has 0 unspecified atom stereocenters. The highest BCUT2D eigenvalue weighted by Gasteiger charge is 2.49. The Balaban J connectivity index is 1.73. The summed E-state index contributed by atoms with van der Waals surface area (Å²) in [5.41, 5.74) is 4.09. The molecule has 1 aliphatic heterocycles. The predicted octanol–water partition coefficient (Wildman–Crippen LogP) is -0.387. The SMILES string of the molecule is N[C@@H](CC(=O)O)C(=O)N(O)[C@@](O)(Cc1ccccc1)C(=O)ON1CCN(c2ccncc2)CC1. The first-order valence-electron chi connectivity index (χ1n) is 10.6. The number of hydrogen-bond acceptors (Lipinski definition) is 10. The molecule has 2 atom stereocenters. The van der Waals surface area contributed by atoms with E-state index in [2.05, 4.69) is 9.88 Å². The van der Waals surface area contributed by atoms with Gasteiger partial charge in [-0.1, -0.05) is 30.3 Å². The number of carboxylic acid groups (broad SMARTS) is 1. The molecule has 5 N–H and O–H groups in total. The number of piperazine rings is 1. The van der Waals surface area contributed by atoms with Gasteiger partial charge in [-0.15, -0.1) is 5.06 Å². The number of benzene rings is 1. The van der Waals surface area contributed by atoms with E-state index >= 15 is 0 Å². The molecule has 12 heteroatoms. The summed E-state index contributed by atoms with van der Waals surface area (Å²) in [5.74, 6) is -4.01. The van der Waals surface area contributed by atoms with Gasteiger partial charge in [0.05, 0.1) is 25.6 Å². The van der Waals surface area contributed by atoms with Crippen LogP contribution in [0, 0.1) is 0 Å². The van der Waals surface area contributed by atoms with Crippen LogP contribution in [0.3, 0.4) is 0 Å². The average molecular weight is 473 g/mol. The zero-order valence-electron chi connectivity index (χ0n) is 18.4. The topological polar surface area (TPSA) is 170 Å². The third-order valence-corrected chi connectivity index (χ3v) is 5.37. The third kappa shape index (κ3) is 6.05. The molecule has 0 saturated carbocycles. The van der Waals surface area contributed by atoms with Crippen molar-refractivity contribution in [3.8, 4) is 0 Å². The largest absolute Gasteiger partial charge is 0.481 e. The monoisotopic (exact) mass is 473 g/mol. The number of anilines is 1. The van der Waals surface area contributed by atoms with Crippen molar-refractivity contribution in [1.29, 1.82) is 0 Å². The van der Waals surface area contributed by atoms with Crippen molar-refractivity contribution in [2.24, 2.45) is 5.73 Å². The first-order valence-corrected chi connectivity index (χ1v) is 10.6. The number of pyridine rings is 1. The minimum absolute atomic E-state index is 0.233. The van der Waals surface area contributed by atoms with Gasteiger partial charge in [0.15, 0.2) is 0 Å². The third-order valence-electron chi connectivity index (χ3n) is 5.37. The van der Waals surface area contributed by atoms with Crippen molar-refractivity contribution >= 4 is 23.5 Å². The second-order valence-corrected chi connectivity index (χ2v) is 7.83. The number of hydroxylamine groups is 4. The Hall–Kier alpha value is -3.58. The molecule has 3 rings (SSSR count). The summed E-state index contributed by atoms with van der Waals surface area (Å²) in [7, 11) is 0. The first-order chi connectivity index (χ1) is 16.2. The molecule has 0 radical (unpaired) electrons. The smallest absolute Gasteiger partial charge is 0.381 e. The van der Waals surface area contributed by atoms with Crippen molar-refractivity contribution in [2.75, 3.05) is 31.1 Å². The molecule has 1 fully saturated rings. The van der Waals surface area contributed by atoms with Crippen LogP contribution in [0.5, 0.6) is 0 Å². The van der Waals surface area contributed by atoms with Crippen LogP contribution in [0.25, 0.3) is 0 Å². The van der Waals surface area contributed by atoms with Crippen molar-refractivity contribution in [2.45, 2.75) is 24.6 Å². The molecule has 2 heterocycles. The van der Waals surface area contributed by atoms with Crippen molar-refractivity contribution in [3.05, 3.63) is 60.4 Å². The quantitative estimate of drug-likeness (QED) is 0.212. The highest BCUT2D eigenvalue weighted by atomic mass is 16.7. The number of nitrogens with two attached hydrogens (primary N) is 1. The van der Waals surface area contributed by atoms with E-state index in [1.165, 1.54) is 5.06 Å². The molecule has 2 aromatic rings. The van der Waals surface area contributed by atoms with Crippen LogP contribution in [-0.2, 0) is 25.6 Å². The fourth-order valence-corrected chi connectivity index (χ4v) is 3.51. The summed E-state index contributed by atoms with van der Waals surface area (Å²) in [4.78, 5) is 47.8. The number of aliphatic hydroxyl groups is 1.